The van der Waals surface area contributed by atoms with Crippen molar-refractivity contribution in [3.8, 4) is 0 Å². The Kier molecular flexibility index (Phi) is 5.17. The predicted molar refractivity (Wildman–Crippen MR) is 74.6 cm³/mol. The van der Waals surface area contributed by atoms with Crippen molar-refractivity contribution in [1.29, 1.82) is 0 Å². The number of hydrogen-bond donors (Lipinski definition) is 1. The molecule has 1 aliphatic rings. The van der Waals surface area contributed by atoms with Gasteiger partial charge in [0.25, 0.3) is 11.7 Å². The maximum Gasteiger partial charge on any atom is 0.326 e. The van der Waals surface area contributed by atoms with Crippen molar-refractivity contribution in [2.75, 3.05) is 6.54 Å². The average molecular weight is 315 g/mol. The highest BCUT2D eigenvalue weighted by Crippen LogP contribution is 2.26. The quantitative estimate of drug-likeness (QED) is 0.868. The van der Waals surface area contributed by atoms with E-state index in [9.17, 15) is 18.4 Å². The molecular formula is C14H15F2NO3S. The van der Waals surface area contributed by atoms with E-state index in [1.165, 1.54) is 29.2 Å². The number of carboxylic acid groups (broad SMARTS) is 1. The number of amides is 1. The summed E-state index contributed by atoms with van der Waals surface area (Å²) in [4.78, 5) is 25.3. The molecule has 1 amide bonds. The van der Waals surface area contributed by atoms with Crippen molar-refractivity contribution >= 4 is 23.6 Å². The number of thioether (sulfide) groups is 1. The number of rotatable bonds is 4. The maximum atomic E-state index is 12.4. The number of piperidine rings is 1. The number of aliphatic carboxylic acids is 1. The van der Waals surface area contributed by atoms with Crippen LogP contribution in [0.4, 0.5) is 8.78 Å². The summed E-state index contributed by atoms with van der Waals surface area (Å²) in [5.74, 6) is -3.88. The Labute approximate surface area is 125 Å². The molecule has 0 radical (unpaired) electrons. The van der Waals surface area contributed by atoms with Crippen LogP contribution in [0.1, 0.15) is 29.6 Å². The van der Waals surface area contributed by atoms with Gasteiger partial charge in [0.05, 0.1) is 0 Å². The normalized spacial score (nSPS) is 18.8. The molecule has 0 unspecified atom stereocenters. The Morgan fingerprint density at radius 3 is 2.48 bits per heavy atom. The molecule has 0 aliphatic carbocycles. The molecule has 2 rings (SSSR count). The largest absolute Gasteiger partial charge is 0.480 e. The third-order valence-electron chi connectivity index (χ3n) is 3.38. The minimum Gasteiger partial charge on any atom is -0.480 e. The number of likely N-dealkylation sites (tertiary alicyclic amines) is 1. The van der Waals surface area contributed by atoms with Crippen molar-refractivity contribution in [1.82, 2.24) is 4.90 Å². The number of carboxylic acids is 1. The van der Waals surface area contributed by atoms with Gasteiger partial charge in [-0.25, -0.2) is 4.79 Å². The van der Waals surface area contributed by atoms with Crippen LogP contribution >= 0.6 is 11.8 Å². The van der Waals surface area contributed by atoms with Gasteiger partial charge in [-0.05, 0) is 43.5 Å². The standard InChI is InChI=1S/C14H15F2NO3S/c15-14(16)21-10-6-4-9(5-7-10)12(18)17-8-2-1-3-11(17)13(19)20/h4-7,11,14H,1-3,8H2,(H,19,20)/t11-/m1/s1. The molecule has 0 spiro atoms. The number of carbonyl (C=O) groups excluding carboxylic acids is 1. The number of hydrogen-bond acceptors (Lipinski definition) is 3. The highest BCUT2D eigenvalue weighted by Gasteiger charge is 2.32. The van der Waals surface area contributed by atoms with Crippen LogP contribution in [0, 0.1) is 0 Å². The highest BCUT2D eigenvalue weighted by molar-refractivity contribution is 7.99. The molecule has 21 heavy (non-hydrogen) atoms. The number of halogens is 2. The first kappa shape index (κ1) is 15.8. The molecule has 114 valence electrons. The van der Waals surface area contributed by atoms with Gasteiger partial charge in [-0.2, -0.15) is 8.78 Å². The molecule has 1 saturated heterocycles. The smallest absolute Gasteiger partial charge is 0.326 e. The SMILES string of the molecule is O=C(O)[C@H]1CCCCN1C(=O)c1ccc(SC(F)F)cc1. The second-order valence-corrected chi connectivity index (χ2v) is 5.81. The molecule has 1 N–H and O–H groups in total. The van der Waals surface area contributed by atoms with E-state index in [1.54, 1.807) is 0 Å². The Hall–Kier alpha value is -1.63. The van der Waals surface area contributed by atoms with Crippen LogP contribution in [-0.2, 0) is 4.79 Å². The summed E-state index contributed by atoms with van der Waals surface area (Å²) in [6, 6.07) is 5.01. The van der Waals surface area contributed by atoms with Gasteiger partial charge in [0.1, 0.15) is 6.04 Å². The zero-order valence-electron chi connectivity index (χ0n) is 11.2. The van der Waals surface area contributed by atoms with Crippen LogP contribution in [-0.4, -0.2) is 40.2 Å². The van der Waals surface area contributed by atoms with Crippen LogP contribution in [0.3, 0.4) is 0 Å². The highest BCUT2D eigenvalue weighted by atomic mass is 32.2. The van der Waals surface area contributed by atoms with Crippen molar-refractivity contribution in [3.63, 3.8) is 0 Å². The lowest BCUT2D eigenvalue weighted by Crippen LogP contribution is -2.47. The third kappa shape index (κ3) is 3.93. The lowest BCUT2D eigenvalue weighted by molar-refractivity contribution is -0.143. The molecule has 4 nitrogen and oxygen atoms in total. The van der Waals surface area contributed by atoms with E-state index in [-0.39, 0.29) is 5.91 Å². The summed E-state index contributed by atoms with van der Waals surface area (Å²) in [7, 11) is 0. The van der Waals surface area contributed by atoms with E-state index in [2.05, 4.69) is 0 Å². The van der Waals surface area contributed by atoms with Gasteiger partial charge in [-0.3, -0.25) is 4.79 Å². The zero-order valence-corrected chi connectivity index (χ0v) is 12.0. The fraction of sp³-hybridized carbons (Fsp3) is 0.429. The number of alkyl halides is 2. The van der Waals surface area contributed by atoms with Gasteiger partial charge in [0.15, 0.2) is 0 Å². The Morgan fingerprint density at radius 1 is 1.24 bits per heavy atom. The Balaban J connectivity index is 2.12. The number of carbonyl (C=O) groups is 2. The van der Waals surface area contributed by atoms with Gasteiger partial charge in [0.2, 0.25) is 0 Å². The minimum atomic E-state index is -2.51. The molecule has 1 fully saturated rings. The molecule has 1 aromatic carbocycles. The van der Waals surface area contributed by atoms with Crippen LogP contribution in [0.15, 0.2) is 29.2 Å². The van der Waals surface area contributed by atoms with Gasteiger partial charge in [-0.1, -0.05) is 11.8 Å². The van der Waals surface area contributed by atoms with Gasteiger partial charge < -0.3 is 10.0 Å². The minimum absolute atomic E-state index is 0.321. The van der Waals surface area contributed by atoms with Crippen molar-refractivity contribution < 1.29 is 23.5 Å². The second-order valence-electron chi connectivity index (χ2n) is 4.75. The topological polar surface area (TPSA) is 57.6 Å². The van der Waals surface area contributed by atoms with Crippen LogP contribution in [0.2, 0.25) is 0 Å². The van der Waals surface area contributed by atoms with Crippen molar-refractivity contribution in [2.45, 2.75) is 36.0 Å². The first-order valence-electron chi connectivity index (χ1n) is 6.57. The van der Waals surface area contributed by atoms with Crippen LogP contribution in [0.25, 0.3) is 0 Å². The molecular weight excluding hydrogens is 300 g/mol. The predicted octanol–water partition coefficient (Wildman–Crippen LogP) is 3.08. The molecule has 1 aliphatic heterocycles. The summed E-state index contributed by atoms with van der Waals surface area (Å²) >= 11 is 0.408. The summed E-state index contributed by atoms with van der Waals surface area (Å²) in [5, 5.41) is 9.17. The molecule has 1 aromatic rings. The van der Waals surface area contributed by atoms with E-state index in [4.69, 9.17) is 5.11 Å². The van der Waals surface area contributed by atoms with E-state index < -0.39 is 17.8 Å². The zero-order chi connectivity index (χ0) is 15.4. The lowest BCUT2D eigenvalue weighted by atomic mass is 10.0. The first-order chi connectivity index (χ1) is 9.99. The molecule has 1 atom stereocenters. The molecule has 1 heterocycles. The van der Waals surface area contributed by atoms with Gasteiger partial charge >= 0.3 is 5.97 Å². The molecule has 0 bridgehead atoms. The van der Waals surface area contributed by atoms with E-state index in [0.29, 0.717) is 35.2 Å². The summed E-state index contributed by atoms with van der Waals surface area (Å²) < 4.78 is 24.5. The fourth-order valence-corrected chi connectivity index (χ4v) is 2.88. The Morgan fingerprint density at radius 2 is 1.90 bits per heavy atom. The van der Waals surface area contributed by atoms with Gasteiger partial charge in [-0.15, -0.1) is 0 Å². The van der Waals surface area contributed by atoms with E-state index >= 15 is 0 Å². The fourth-order valence-electron chi connectivity index (χ4n) is 2.38. The summed E-state index contributed by atoms with van der Waals surface area (Å²) in [6.07, 6.45) is 2.00. The third-order valence-corrected chi connectivity index (χ3v) is 4.10. The van der Waals surface area contributed by atoms with E-state index in [1.807, 2.05) is 0 Å². The Bertz CT molecular complexity index is 521. The molecule has 0 saturated carbocycles. The molecule has 0 aromatic heterocycles. The van der Waals surface area contributed by atoms with Crippen molar-refractivity contribution in [2.24, 2.45) is 0 Å². The number of nitrogens with zero attached hydrogens (tertiary/aromatic N) is 1. The summed E-state index contributed by atoms with van der Waals surface area (Å²) in [5.41, 5.74) is 0.321. The average Bonchev–Trinajstić information content (AvgIpc) is 2.46. The monoisotopic (exact) mass is 315 g/mol. The van der Waals surface area contributed by atoms with E-state index in [0.717, 1.165) is 12.8 Å². The van der Waals surface area contributed by atoms with Crippen LogP contribution in [0.5, 0.6) is 0 Å². The maximum absolute atomic E-state index is 12.4. The number of benzene rings is 1. The van der Waals surface area contributed by atoms with Gasteiger partial charge in [0, 0.05) is 17.0 Å². The molecule has 7 heteroatoms. The lowest BCUT2D eigenvalue weighted by Gasteiger charge is -2.33. The van der Waals surface area contributed by atoms with Crippen LogP contribution < -0.4 is 0 Å². The second kappa shape index (κ2) is 6.89. The first-order valence-corrected chi connectivity index (χ1v) is 7.45. The van der Waals surface area contributed by atoms with Crippen molar-refractivity contribution in [3.05, 3.63) is 29.8 Å². The summed E-state index contributed by atoms with van der Waals surface area (Å²) in [6.45, 7) is 0.406.